The third-order valence-corrected chi connectivity index (χ3v) is 23.4. The molecule has 0 N–H and O–H groups in total. The largest absolute Gasteiger partial charge is 0.457 e. The molecule has 0 fully saturated rings. The minimum atomic E-state index is 1.03. The van der Waals surface area contributed by atoms with Gasteiger partial charge in [-0.25, -0.2) is 0 Å². The van der Waals surface area contributed by atoms with E-state index in [1.165, 1.54) is 262 Å². The van der Waals surface area contributed by atoms with Crippen molar-refractivity contribution in [3.63, 3.8) is 0 Å². The topological polar surface area (TPSA) is 13.1 Å². The summed E-state index contributed by atoms with van der Waals surface area (Å²) in [4.78, 5) is 0. The summed E-state index contributed by atoms with van der Waals surface area (Å²) in [5.74, 6) is 0. The molecule has 0 radical (unpaired) electrons. The van der Waals surface area contributed by atoms with E-state index in [0.717, 1.165) is 11.2 Å². The van der Waals surface area contributed by atoms with Crippen LogP contribution in [0.1, 0.15) is 0 Å². The zero-order chi connectivity index (χ0) is 59.6. The number of rotatable bonds is 3. The molecular weight excluding hydrogens is 941 g/mol. The van der Waals surface area contributed by atoms with E-state index in [2.05, 4.69) is 235 Å². The molecule has 0 saturated carbocycles. The molecule has 0 saturated heterocycles. The molecule has 0 aliphatic rings. The van der Waals surface area contributed by atoms with Gasteiger partial charge in [0.25, 0.3) is 0 Å². The maximum absolute atomic E-state index is 7.31. The summed E-state index contributed by atoms with van der Waals surface area (Å²) in [7, 11) is 71.4. The van der Waals surface area contributed by atoms with Crippen LogP contribution in [0.25, 0.3) is 109 Å². The lowest BCUT2D eigenvalue weighted by Gasteiger charge is -2.32. The third-order valence-electron chi connectivity index (χ3n) is 23.4. The van der Waals surface area contributed by atoms with Gasteiger partial charge in [0.15, 0.2) is 0 Å². The monoisotopic (exact) mass is 1010 g/mol. The predicted molar refractivity (Wildman–Crippen MR) is 463 cm³/mol. The molecule has 10 aromatic carbocycles. The van der Waals surface area contributed by atoms with Gasteiger partial charge in [-0.2, -0.15) is 0 Å². The van der Waals surface area contributed by atoms with Crippen molar-refractivity contribution in [2.45, 2.75) is 0 Å². The van der Waals surface area contributed by atoms with Gasteiger partial charge in [-0.05, 0) is 92.7 Å². The second kappa shape index (κ2) is 19.4. The summed E-state index contributed by atoms with van der Waals surface area (Å²) in [6.45, 7) is 0. The van der Waals surface area contributed by atoms with Crippen LogP contribution in [-0.2, 0) is 0 Å². The molecule has 1 heterocycles. The molecule has 11 aromatic rings. The van der Waals surface area contributed by atoms with Crippen molar-refractivity contribution >= 4 is 475 Å². The molecule has 0 amide bonds. The maximum atomic E-state index is 7.31. The highest BCUT2D eigenvalue weighted by atomic mass is 16.3. The first-order valence-corrected chi connectivity index (χ1v) is 30.2. The Labute approximate surface area is 509 Å². The summed E-state index contributed by atoms with van der Waals surface area (Å²) in [6, 6.07) is 0. The average Bonchev–Trinajstić information content (AvgIpc) is 2.48. The lowest BCUT2D eigenvalue weighted by molar-refractivity contribution is 0.675. The number of hydrogen-bond donors (Lipinski definition) is 0. The predicted octanol–water partition coefficient (Wildman–Crippen LogP) is -37.9. The van der Waals surface area contributed by atoms with Crippen LogP contribution >= 0.6 is 0 Å². The Bertz CT molecular complexity index is 4820. The molecule has 11 rings (SSSR count). The molecule has 0 spiro atoms. The fourth-order valence-electron chi connectivity index (χ4n) is 16.8. The second-order valence-corrected chi connectivity index (χ2v) is 26.3. The zero-order valence-electron chi connectivity index (χ0n) is 55.4. The number of fused-ring (bicyclic) bond motifs is 9. The quantitative estimate of drug-likeness (QED) is 0.0977. The molecular formula is C50H60B30O. The van der Waals surface area contributed by atoms with Gasteiger partial charge in [-0.3, -0.25) is 0 Å². The van der Waals surface area contributed by atoms with Crippen molar-refractivity contribution in [1.82, 2.24) is 0 Å². The maximum Gasteiger partial charge on any atom is 0.145 e. The normalized spacial score (nSPS) is 12.0. The van der Waals surface area contributed by atoms with Crippen LogP contribution in [0.5, 0.6) is 0 Å². The fourth-order valence-corrected chi connectivity index (χ4v) is 16.8. The van der Waals surface area contributed by atoms with Crippen LogP contribution in [-0.4, -0.2) is 235 Å². The molecule has 1 nitrogen and oxygen atoms in total. The fraction of sp³-hybridized carbons (Fsp3) is 0. The Morgan fingerprint density at radius 2 is 0.296 bits per heavy atom. The second-order valence-electron chi connectivity index (χ2n) is 26.3. The first kappa shape index (κ1) is 58.0. The first-order valence-electron chi connectivity index (χ1n) is 30.2. The summed E-state index contributed by atoms with van der Waals surface area (Å²) in [6.07, 6.45) is 0. The molecule has 356 valence electrons. The van der Waals surface area contributed by atoms with Gasteiger partial charge in [0.05, 0.1) is 0 Å². The Morgan fingerprint density at radius 3 is 0.654 bits per heavy atom. The molecule has 0 aliphatic carbocycles. The first-order chi connectivity index (χ1) is 37.8. The van der Waals surface area contributed by atoms with Crippen LogP contribution in [0.3, 0.4) is 0 Å². The number of furan rings is 1. The van der Waals surface area contributed by atoms with E-state index in [9.17, 15) is 0 Å². The van der Waals surface area contributed by atoms with Crippen LogP contribution < -0.4 is 164 Å². The zero-order valence-corrected chi connectivity index (χ0v) is 55.4. The standard InChI is InChI=1S/C50H60B30O/c51-19-9(29(61)23(55)7-8-12(31(63)30(62)11(7)19)20(52)13(32(64)24(8)56)15-34(66)45(77)47(79)46(78)35(15)67)1-3-5(27(59)41(73)39(71)25(3)57)2(6-4(1)26(58)40(72)42(74)28(6)60)10-21(53)18-17-22(54)14-16(36(68)44(76)43(75)33(14)65)38(70)49(17)81-50(18)48(80)37(10)69/h51-80H2. The van der Waals surface area contributed by atoms with E-state index < -0.39 is 0 Å². The molecule has 0 bridgehead atoms. The van der Waals surface area contributed by atoms with E-state index in [0.29, 0.717) is 0 Å². The summed E-state index contributed by atoms with van der Waals surface area (Å²) >= 11 is 0. The Kier molecular flexibility index (Phi) is 13.9. The summed E-state index contributed by atoms with van der Waals surface area (Å²) < 4.78 is 7.31. The summed E-state index contributed by atoms with van der Waals surface area (Å²) in [5.41, 5.74) is 51.6. The van der Waals surface area contributed by atoms with Gasteiger partial charge in [0.2, 0.25) is 0 Å². The molecule has 81 heavy (non-hydrogen) atoms. The van der Waals surface area contributed by atoms with Gasteiger partial charge >= 0.3 is 0 Å². The van der Waals surface area contributed by atoms with Crippen molar-refractivity contribution in [1.29, 1.82) is 0 Å². The van der Waals surface area contributed by atoms with Gasteiger partial charge in [0, 0.05) is 10.8 Å². The molecule has 0 aliphatic heterocycles. The molecule has 1 aromatic heterocycles. The Balaban J connectivity index is 1.36. The minimum absolute atomic E-state index is 1.03. The summed E-state index contributed by atoms with van der Waals surface area (Å²) in [5, 5.41) is 16.5. The van der Waals surface area contributed by atoms with E-state index in [1.54, 1.807) is 0 Å². The van der Waals surface area contributed by atoms with E-state index >= 15 is 0 Å². The average molecular weight is 1000 g/mol. The molecule has 31 heteroatoms. The minimum Gasteiger partial charge on any atom is -0.457 e. The van der Waals surface area contributed by atoms with E-state index in [-0.39, 0.29) is 0 Å². The van der Waals surface area contributed by atoms with Crippen molar-refractivity contribution in [3.05, 3.63) is 0 Å². The van der Waals surface area contributed by atoms with Crippen molar-refractivity contribution < 1.29 is 4.42 Å². The third kappa shape index (κ3) is 7.30. The lowest BCUT2D eigenvalue weighted by Crippen LogP contribution is -2.56. The highest BCUT2D eigenvalue weighted by molar-refractivity contribution is 6.79. The van der Waals surface area contributed by atoms with Gasteiger partial charge < -0.3 is 4.42 Å². The smallest absolute Gasteiger partial charge is 0.145 e. The van der Waals surface area contributed by atoms with Crippen molar-refractivity contribution in [2.75, 3.05) is 0 Å². The van der Waals surface area contributed by atoms with Crippen LogP contribution in [0.15, 0.2) is 4.42 Å². The van der Waals surface area contributed by atoms with Crippen molar-refractivity contribution in [2.24, 2.45) is 0 Å². The molecule has 0 atom stereocenters. The van der Waals surface area contributed by atoms with Crippen molar-refractivity contribution in [3.8, 4) is 33.4 Å². The van der Waals surface area contributed by atoms with Gasteiger partial charge in [0.1, 0.15) is 247 Å². The Hall–Kier alpha value is -4.75. The lowest BCUT2D eigenvalue weighted by atomic mass is 9.55. The van der Waals surface area contributed by atoms with Gasteiger partial charge in [-0.1, -0.05) is 109 Å². The SMILES string of the molecule is Bc1c(B)c(B)c(-c2c(B)c(B)c3c(c2B)c(B)c(B)c2c(B)c(-c4c5c(B)c(B)c(B)c(B)c5c(-c5c(B)c(B)c6oc7c(B)c8c(B)c(B)c(B)c(B)c8c(B)c7c6c5B)c5c(B)c(B)c(B)c(B)c45)c(B)c(B)c23)c(B)c1B. The number of benzene rings is 10. The molecule has 0 unspecified atom stereocenters. The number of hydrogen-bond acceptors (Lipinski definition) is 1. The van der Waals surface area contributed by atoms with E-state index in [1.807, 2.05) is 0 Å². The highest BCUT2D eigenvalue weighted by Crippen LogP contribution is 2.40. The highest BCUT2D eigenvalue weighted by Gasteiger charge is 2.32. The van der Waals surface area contributed by atoms with Crippen LogP contribution in [0.2, 0.25) is 0 Å². The van der Waals surface area contributed by atoms with Crippen LogP contribution in [0.4, 0.5) is 0 Å². The van der Waals surface area contributed by atoms with Gasteiger partial charge in [-0.15, -0.1) is 49.2 Å². The van der Waals surface area contributed by atoms with E-state index in [4.69, 9.17) is 4.42 Å². The van der Waals surface area contributed by atoms with Crippen LogP contribution in [0, 0.1) is 0 Å². The Morgan fingerprint density at radius 1 is 0.111 bits per heavy atom.